The smallest absolute Gasteiger partial charge is 0.407 e. The fourth-order valence-corrected chi connectivity index (χ4v) is 3.32. The summed E-state index contributed by atoms with van der Waals surface area (Å²) in [6, 6.07) is 9.71. The maximum absolute atomic E-state index is 12.7. The van der Waals surface area contributed by atoms with Crippen molar-refractivity contribution in [3.63, 3.8) is 0 Å². The van der Waals surface area contributed by atoms with Gasteiger partial charge in [0.1, 0.15) is 11.7 Å². The molecule has 8 nitrogen and oxygen atoms in total. The molecule has 3 amide bonds. The van der Waals surface area contributed by atoms with Gasteiger partial charge in [-0.25, -0.2) is 4.79 Å². The van der Waals surface area contributed by atoms with E-state index in [4.69, 9.17) is 9.47 Å². The zero-order valence-corrected chi connectivity index (χ0v) is 19.0. The minimum absolute atomic E-state index is 0.0972. The highest BCUT2D eigenvalue weighted by atomic mass is 16.6. The summed E-state index contributed by atoms with van der Waals surface area (Å²) in [5, 5.41) is 5.44. The van der Waals surface area contributed by atoms with E-state index in [0.29, 0.717) is 26.2 Å². The molecule has 172 valence electrons. The number of hydrogen-bond donors (Lipinski definition) is 2. The molecule has 8 heteroatoms. The molecule has 31 heavy (non-hydrogen) atoms. The number of carbonyl (C=O) groups is 3. The Morgan fingerprint density at radius 2 is 1.81 bits per heavy atom. The quantitative estimate of drug-likeness (QED) is 0.614. The molecule has 2 N–H and O–H groups in total. The number of amides is 3. The third-order valence-corrected chi connectivity index (χ3v) is 4.89. The minimum atomic E-state index is -0.569. The van der Waals surface area contributed by atoms with Crippen LogP contribution < -0.4 is 10.6 Å². The third kappa shape index (κ3) is 8.96. The van der Waals surface area contributed by atoms with E-state index in [1.54, 1.807) is 32.6 Å². The number of ether oxygens (including phenoxy) is 2. The summed E-state index contributed by atoms with van der Waals surface area (Å²) in [6.45, 7) is 9.08. The van der Waals surface area contributed by atoms with Crippen LogP contribution in [0.3, 0.4) is 0 Å². The second-order valence-electron chi connectivity index (χ2n) is 8.78. The predicted molar refractivity (Wildman–Crippen MR) is 117 cm³/mol. The van der Waals surface area contributed by atoms with Gasteiger partial charge in [0.15, 0.2) is 0 Å². The number of piperidine rings is 1. The number of benzene rings is 1. The molecule has 1 aliphatic rings. The number of rotatable bonds is 8. The molecule has 1 saturated heterocycles. The van der Waals surface area contributed by atoms with Gasteiger partial charge in [0, 0.05) is 26.2 Å². The highest BCUT2D eigenvalue weighted by Gasteiger charge is 2.30. The lowest BCUT2D eigenvalue weighted by Gasteiger charge is -2.33. The zero-order chi connectivity index (χ0) is 22.9. The largest absolute Gasteiger partial charge is 0.444 e. The second-order valence-corrected chi connectivity index (χ2v) is 8.78. The number of nitrogens with zero attached hydrogens (tertiary/aromatic N) is 1. The molecular weight excluding hydrogens is 398 g/mol. The Morgan fingerprint density at radius 1 is 1.13 bits per heavy atom. The number of likely N-dealkylation sites (tertiary alicyclic amines) is 1. The van der Waals surface area contributed by atoms with E-state index in [9.17, 15) is 14.4 Å². The van der Waals surface area contributed by atoms with Crippen LogP contribution in [0.15, 0.2) is 30.3 Å². The minimum Gasteiger partial charge on any atom is -0.444 e. The number of nitrogens with one attached hydrogen (secondary N) is 2. The summed E-state index contributed by atoms with van der Waals surface area (Å²) in [5.41, 5.74) is 0.450. The molecule has 1 fully saturated rings. The van der Waals surface area contributed by atoms with Gasteiger partial charge >= 0.3 is 6.09 Å². The van der Waals surface area contributed by atoms with Crippen molar-refractivity contribution in [1.29, 1.82) is 0 Å². The molecule has 1 aromatic carbocycles. The van der Waals surface area contributed by atoms with Gasteiger partial charge in [-0.05, 0) is 46.1 Å². The van der Waals surface area contributed by atoms with E-state index < -0.39 is 17.8 Å². The van der Waals surface area contributed by atoms with Crippen molar-refractivity contribution in [3.05, 3.63) is 35.9 Å². The van der Waals surface area contributed by atoms with Crippen LogP contribution in [0.5, 0.6) is 0 Å². The second kappa shape index (κ2) is 11.7. The Bertz CT molecular complexity index is 732. The van der Waals surface area contributed by atoms with Crippen LogP contribution in [0.2, 0.25) is 0 Å². The average Bonchev–Trinajstić information content (AvgIpc) is 2.74. The summed E-state index contributed by atoms with van der Waals surface area (Å²) >= 11 is 0. The Kier molecular flexibility index (Phi) is 9.30. The number of hydrogen-bond acceptors (Lipinski definition) is 5. The van der Waals surface area contributed by atoms with Gasteiger partial charge in [0.25, 0.3) is 5.91 Å². The van der Waals surface area contributed by atoms with Crippen molar-refractivity contribution < 1.29 is 23.9 Å². The van der Waals surface area contributed by atoms with E-state index in [1.807, 2.05) is 30.3 Å². The van der Waals surface area contributed by atoms with Crippen molar-refractivity contribution in [1.82, 2.24) is 15.5 Å². The van der Waals surface area contributed by atoms with Crippen LogP contribution in [0.25, 0.3) is 0 Å². The first kappa shape index (κ1) is 24.7. The Balaban J connectivity index is 1.71. The molecule has 1 aliphatic heterocycles. The summed E-state index contributed by atoms with van der Waals surface area (Å²) < 4.78 is 10.9. The van der Waals surface area contributed by atoms with E-state index >= 15 is 0 Å². The van der Waals surface area contributed by atoms with Gasteiger partial charge in [0.2, 0.25) is 5.91 Å². The van der Waals surface area contributed by atoms with E-state index in [1.165, 1.54) is 0 Å². The summed E-state index contributed by atoms with van der Waals surface area (Å²) in [4.78, 5) is 38.6. The first-order chi connectivity index (χ1) is 14.7. The fourth-order valence-electron chi connectivity index (χ4n) is 3.32. The maximum atomic E-state index is 12.7. The monoisotopic (exact) mass is 433 g/mol. The molecule has 1 aromatic rings. The lowest BCUT2D eigenvalue weighted by molar-refractivity contribution is -0.146. The van der Waals surface area contributed by atoms with E-state index in [-0.39, 0.29) is 24.3 Å². The van der Waals surface area contributed by atoms with Crippen LogP contribution in [-0.2, 0) is 25.7 Å². The Labute approximate surface area is 184 Å². The molecule has 0 aliphatic carbocycles. The summed E-state index contributed by atoms with van der Waals surface area (Å²) in [6.07, 6.45) is 0.417. The fraction of sp³-hybridized carbons (Fsp3) is 0.609. The zero-order valence-electron chi connectivity index (χ0n) is 19.0. The standard InChI is InChI=1S/C23H35N3O5/c1-17(30-16-18-9-6-5-7-10-18)21(28)26-14-8-11-19(15-26)20(27)24-12-13-25-22(29)31-23(2,3)4/h5-7,9-10,17,19H,8,11-16H2,1-4H3,(H,24,27)(H,25,29). The van der Waals surface area contributed by atoms with Gasteiger partial charge in [-0.1, -0.05) is 30.3 Å². The summed E-state index contributed by atoms with van der Waals surface area (Å²) in [5.74, 6) is -0.470. The van der Waals surface area contributed by atoms with Crippen molar-refractivity contribution >= 4 is 17.9 Å². The molecule has 0 aromatic heterocycles. The topological polar surface area (TPSA) is 97.0 Å². The first-order valence-corrected chi connectivity index (χ1v) is 10.8. The predicted octanol–water partition coefficient (Wildman–Crippen LogP) is 2.47. The van der Waals surface area contributed by atoms with Crippen molar-refractivity contribution in [2.45, 2.75) is 58.8 Å². The number of alkyl carbamates (subject to hydrolysis) is 1. The Morgan fingerprint density at radius 3 is 2.48 bits per heavy atom. The van der Waals surface area contributed by atoms with Crippen LogP contribution in [0.1, 0.15) is 46.1 Å². The van der Waals surface area contributed by atoms with Crippen molar-refractivity contribution in [2.24, 2.45) is 5.92 Å². The van der Waals surface area contributed by atoms with Gasteiger partial charge < -0.3 is 25.0 Å². The van der Waals surface area contributed by atoms with Crippen LogP contribution in [-0.4, -0.2) is 60.7 Å². The Hall–Kier alpha value is -2.61. The normalized spacial score (nSPS) is 17.5. The molecule has 0 spiro atoms. The van der Waals surface area contributed by atoms with Gasteiger partial charge in [-0.3, -0.25) is 9.59 Å². The van der Waals surface area contributed by atoms with E-state index in [0.717, 1.165) is 18.4 Å². The molecule has 0 radical (unpaired) electrons. The molecule has 2 atom stereocenters. The summed E-state index contributed by atoms with van der Waals surface area (Å²) in [7, 11) is 0. The lowest BCUT2D eigenvalue weighted by atomic mass is 9.96. The van der Waals surface area contributed by atoms with Gasteiger partial charge in [0.05, 0.1) is 12.5 Å². The maximum Gasteiger partial charge on any atom is 0.407 e. The molecule has 0 saturated carbocycles. The van der Waals surface area contributed by atoms with Crippen LogP contribution in [0.4, 0.5) is 4.79 Å². The molecule has 1 heterocycles. The van der Waals surface area contributed by atoms with Crippen LogP contribution in [0, 0.1) is 5.92 Å². The highest BCUT2D eigenvalue weighted by Crippen LogP contribution is 2.18. The molecule has 0 bridgehead atoms. The van der Waals surface area contributed by atoms with Crippen molar-refractivity contribution in [2.75, 3.05) is 26.2 Å². The third-order valence-electron chi connectivity index (χ3n) is 4.89. The average molecular weight is 434 g/mol. The van der Waals surface area contributed by atoms with Gasteiger partial charge in [-0.2, -0.15) is 0 Å². The molecular formula is C23H35N3O5. The molecule has 2 unspecified atom stereocenters. The van der Waals surface area contributed by atoms with E-state index in [2.05, 4.69) is 10.6 Å². The van der Waals surface area contributed by atoms with Crippen LogP contribution >= 0.6 is 0 Å². The lowest BCUT2D eigenvalue weighted by Crippen LogP contribution is -2.49. The molecule has 2 rings (SSSR count). The SMILES string of the molecule is CC(OCc1ccccc1)C(=O)N1CCCC(C(=O)NCCNC(=O)OC(C)(C)C)C1. The van der Waals surface area contributed by atoms with Gasteiger partial charge in [-0.15, -0.1) is 0 Å². The highest BCUT2D eigenvalue weighted by molar-refractivity contribution is 5.83. The first-order valence-electron chi connectivity index (χ1n) is 10.8. The number of carbonyl (C=O) groups excluding carboxylic acids is 3. The van der Waals surface area contributed by atoms with Crippen molar-refractivity contribution in [3.8, 4) is 0 Å².